The first-order valence-electron chi connectivity index (χ1n) is 7.53. The molecule has 0 saturated heterocycles. The molecule has 6 nitrogen and oxygen atoms in total. The van der Waals surface area contributed by atoms with Gasteiger partial charge in [0.05, 0.1) is 0 Å². The van der Waals surface area contributed by atoms with Crippen LogP contribution in [-0.2, 0) is 4.79 Å². The van der Waals surface area contributed by atoms with Gasteiger partial charge in [0.2, 0.25) is 5.91 Å². The Morgan fingerprint density at radius 2 is 1.52 bits per heavy atom. The summed E-state index contributed by atoms with van der Waals surface area (Å²) >= 11 is 0. The molecule has 140 valence electrons. The van der Waals surface area contributed by atoms with Gasteiger partial charge in [0.1, 0.15) is 0 Å². The number of hydrogen-bond donors (Lipinski definition) is 2. The van der Waals surface area contributed by atoms with E-state index in [0.29, 0.717) is 11.1 Å². The topological polar surface area (TPSA) is 101 Å². The largest absolute Gasteiger partial charge is 0.490 e. The van der Waals surface area contributed by atoms with Crippen LogP contribution in [0.4, 0.5) is 13.2 Å². The number of carboxylic acid groups (broad SMARTS) is 1. The summed E-state index contributed by atoms with van der Waals surface area (Å²) in [6.07, 6.45) is -3.25. The van der Waals surface area contributed by atoms with E-state index in [9.17, 15) is 22.8 Å². The van der Waals surface area contributed by atoms with Crippen LogP contribution in [0.1, 0.15) is 47.4 Å². The van der Waals surface area contributed by atoms with Crippen molar-refractivity contribution in [2.45, 2.75) is 32.9 Å². The van der Waals surface area contributed by atoms with E-state index in [1.807, 2.05) is 13.8 Å². The maximum Gasteiger partial charge on any atom is 0.490 e. The number of carbonyl (C=O) groups is 3. The molecule has 0 aromatic heterocycles. The minimum absolute atomic E-state index is 0.0400. The lowest BCUT2D eigenvalue weighted by Crippen LogP contribution is -2.32. The van der Waals surface area contributed by atoms with Crippen LogP contribution in [-0.4, -0.2) is 47.1 Å². The zero-order valence-corrected chi connectivity index (χ0v) is 14.0. The summed E-state index contributed by atoms with van der Waals surface area (Å²) in [4.78, 5) is 34.1. The summed E-state index contributed by atoms with van der Waals surface area (Å²) in [5.74, 6) is -3.31. The zero-order chi connectivity index (χ0) is 19.6. The van der Waals surface area contributed by atoms with Gasteiger partial charge in [0.15, 0.2) is 0 Å². The minimum Gasteiger partial charge on any atom is -0.475 e. The molecule has 0 aliphatic heterocycles. The van der Waals surface area contributed by atoms with E-state index >= 15 is 0 Å². The van der Waals surface area contributed by atoms with Crippen LogP contribution in [0.3, 0.4) is 0 Å². The van der Waals surface area contributed by atoms with Gasteiger partial charge in [-0.2, -0.15) is 13.2 Å². The predicted octanol–water partition coefficient (Wildman–Crippen LogP) is 2.68. The van der Waals surface area contributed by atoms with E-state index in [1.54, 1.807) is 29.2 Å². The summed E-state index contributed by atoms with van der Waals surface area (Å²) in [6, 6.07) is 6.57. The predicted molar refractivity (Wildman–Crippen MR) is 85.1 cm³/mol. The third kappa shape index (κ3) is 8.18. The van der Waals surface area contributed by atoms with Crippen LogP contribution in [0, 0.1) is 0 Å². The first-order valence-corrected chi connectivity index (χ1v) is 7.53. The van der Waals surface area contributed by atoms with Crippen molar-refractivity contribution in [1.29, 1.82) is 0 Å². The normalized spacial score (nSPS) is 10.4. The molecule has 0 radical (unpaired) electrons. The molecule has 0 heterocycles. The molecule has 25 heavy (non-hydrogen) atoms. The number of nitrogens with zero attached hydrogens (tertiary/aromatic N) is 1. The highest BCUT2D eigenvalue weighted by molar-refractivity contribution is 5.99. The number of carboxylic acids is 1. The number of primary amides is 1. The fourth-order valence-corrected chi connectivity index (χ4v) is 1.84. The van der Waals surface area contributed by atoms with Crippen molar-refractivity contribution < 1.29 is 32.7 Å². The smallest absolute Gasteiger partial charge is 0.475 e. The molecule has 0 fully saturated rings. The molecule has 0 saturated carbocycles. The Balaban J connectivity index is 0.000000697. The van der Waals surface area contributed by atoms with E-state index in [4.69, 9.17) is 15.6 Å². The van der Waals surface area contributed by atoms with Crippen LogP contribution >= 0.6 is 0 Å². The summed E-state index contributed by atoms with van der Waals surface area (Å²) in [7, 11) is 0. The second kappa shape index (κ2) is 10.3. The van der Waals surface area contributed by atoms with Crippen molar-refractivity contribution in [2.24, 2.45) is 5.73 Å². The first kappa shape index (κ1) is 22.4. The van der Waals surface area contributed by atoms with Gasteiger partial charge in [-0.25, -0.2) is 4.79 Å². The molecule has 9 heteroatoms. The number of aliphatic carboxylic acids is 1. The van der Waals surface area contributed by atoms with Crippen molar-refractivity contribution in [1.82, 2.24) is 4.90 Å². The average molecular weight is 362 g/mol. The Bertz CT molecular complexity index is 597. The minimum atomic E-state index is -5.08. The SMILES string of the molecule is CCCN(CCC)C(=O)c1cccc(C(N)=O)c1.O=C(O)C(F)(F)F. The van der Waals surface area contributed by atoms with Gasteiger partial charge < -0.3 is 15.7 Å². The lowest BCUT2D eigenvalue weighted by Gasteiger charge is -2.21. The molecule has 3 N–H and O–H groups in total. The highest BCUT2D eigenvalue weighted by Crippen LogP contribution is 2.13. The van der Waals surface area contributed by atoms with E-state index in [-0.39, 0.29) is 5.91 Å². The summed E-state index contributed by atoms with van der Waals surface area (Å²) < 4.78 is 31.7. The molecular formula is C16H21F3N2O4. The Kier molecular flexibility index (Phi) is 9.25. The Labute approximate surface area is 143 Å². The van der Waals surface area contributed by atoms with Crippen molar-refractivity contribution in [3.05, 3.63) is 35.4 Å². The lowest BCUT2D eigenvalue weighted by atomic mass is 10.1. The van der Waals surface area contributed by atoms with Gasteiger partial charge in [0.25, 0.3) is 5.91 Å². The van der Waals surface area contributed by atoms with Gasteiger partial charge in [-0.15, -0.1) is 0 Å². The quantitative estimate of drug-likeness (QED) is 0.812. The molecule has 1 aromatic carbocycles. The number of amides is 2. The number of benzene rings is 1. The Morgan fingerprint density at radius 3 is 1.88 bits per heavy atom. The summed E-state index contributed by atoms with van der Waals surface area (Å²) in [5.41, 5.74) is 6.10. The van der Waals surface area contributed by atoms with Crippen LogP contribution in [0.2, 0.25) is 0 Å². The number of alkyl halides is 3. The maximum absolute atomic E-state index is 12.3. The van der Waals surface area contributed by atoms with Crippen molar-refractivity contribution in [3.63, 3.8) is 0 Å². The number of rotatable bonds is 6. The van der Waals surface area contributed by atoms with E-state index in [1.165, 1.54) is 0 Å². The molecule has 0 bridgehead atoms. The molecule has 0 aliphatic rings. The summed E-state index contributed by atoms with van der Waals surface area (Å²) in [6.45, 7) is 5.53. The standard InChI is InChI=1S/C14H20N2O2.C2HF3O2/c1-3-8-16(9-4-2)14(18)12-7-5-6-11(10-12)13(15)17;3-2(4,5)1(6)7/h5-7,10H,3-4,8-9H2,1-2H3,(H2,15,17);(H,6,7). The zero-order valence-electron chi connectivity index (χ0n) is 14.0. The Morgan fingerprint density at radius 1 is 1.08 bits per heavy atom. The van der Waals surface area contributed by atoms with Crippen LogP contribution in [0.25, 0.3) is 0 Å². The number of carbonyl (C=O) groups excluding carboxylic acids is 2. The van der Waals surface area contributed by atoms with Gasteiger partial charge in [-0.05, 0) is 31.0 Å². The van der Waals surface area contributed by atoms with Crippen LogP contribution in [0.5, 0.6) is 0 Å². The van der Waals surface area contributed by atoms with E-state index < -0.39 is 18.1 Å². The van der Waals surface area contributed by atoms with Crippen LogP contribution < -0.4 is 5.73 Å². The molecule has 1 aromatic rings. The van der Waals surface area contributed by atoms with E-state index in [2.05, 4.69) is 0 Å². The summed E-state index contributed by atoms with van der Waals surface area (Å²) in [5, 5.41) is 7.12. The highest BCUT2D eigenvalue weighted by Gasteiger charge is 2.38. The van der Waals surface area contributed by atoms with Crippen molar-refractivity contribution in [2.75, 3.05) is 13.1 Å². The molecular weight excluding hydrogens is 341 g/mol. The van der Waals surface area contributed by atoms with Gasteiger partial charge in [-0.1, -0.05) is 19.9 Å². The van der Waals surface area contributed by atoms with Gasteiger partial charge in [0, 0.05) is 24.2 Å². The van der Waals surface area contributed by atoms with E-state index in [0.717, 1.165) is 25.9 Å². The number of halogens is 3. The molecule has 0 aliphatic carbocycles. The third-order valence-corrected chi connectivity index (χ3v) is 2.91. The average Bonchev–Trinajstić information content (AvgIpc) is 2.53. The first-order chi connectivity index (χ1) is 11.5. The van der Waals surface area contributed by atoms with Crippen LogP contribution in [0.15, 0.2) is 24.3 Å². The molecule has 0 spiro atoms. The van der Waals surface area contributed by atoms with Crippen molar-refractivity contribution >= 4 is 17.8 Å². The molecule has 0 unspecified atom stereocenters. The van der Waals surface area contributed by atoms with Gasteiger partial charge >= 0.3 is 12.1 Å². The number of nitrogens with two attached hydrogens (primary N) is 1. The lowest BCUT2D eigenvalue weighted by molar-refractivity contribution is -0.192. The highest BCUT2D eigenvalue weighted by atomic mass is 19.4. The Hall–Kier alpha value is -2.58. The maximum atomic E-state index is 12.3. The monoisotopic (exact) mass is 362 g/mol. The fraction of sp³-hybridized carbons (Fsp3) is 0.438. The van der Waals surface area contributed by atoms with Gasteiger partial charge in [-0.3, -0.25) is 9.59 Å². The fourth-order valence-electron chi connectivity index (χ4n) is 1.84. The second-order valence-electron chi connectivity index (χ2n) is 5.04. The molecule has 1 rings (SSSR count). The number of hydrogen-bond acceptors (Lipinski definition) is 3. The molecule has 2 amide bonds. The van der Waals surface area contributed by atoms with Crippen molar-refractivity contribution in [3.8, 4) is 0 Å². The third-order valence-electron chi connectivity index (χ3n) is 2.91. The molecule has 0 atom stereocenters. The second-order valence-corrected chi connectivity index (χ2v) is 5.04.